The molecule has 0 amide bonds. The molecule has 0 heterocycles. The molecule has 0 aliphatic rings. The van der Waals surface area contributed by atoms with Crippen LogP contribution in [0, 0.1) is 20.7 Å². The Morgan fingerprint density at radius 2 is 2.29 bits per heavy atom. The monoisotopic (exact) mass is 367 g/mol. The normalized spacial score (nSPS) is 9.57. The van der Waals surface area contributed by atoms with Gasteiger partial charge in [-0.2, -0.15) is 5.26 Å². The molecular weight excluding hydrogens is 364 g/mol. The van der Waals surface area contributed by atoms with E-state index in [9.17, 15) is 9.18 Å². The van der Waals surface area contributed by atoms with Gasteiger partial charge in [-0.3, -0.25) is 4.79 Å². The molecule has 0 saturated heterocycles. The third kappa shape index (κ3) is 2.30. The molecule has 1 rings (SSSR count). The number of nitriles is 1. The van der Waals surface area contributed by atoms with Gasteiger partial charge in [0.25, 0.3) is 0 Å². The van der Waals surface area contributed by atoms with Crippen molar-refractivity contribution in [1.82, 2.24) is 0 Å². The molecule has 14 heavy (non-hydrogen) atoms. The SMILES string of the molecule is N#Cc1cc(I)c(F)cc1C(=O)CBr. The molecular formula is C9H4BrFINO. The van der Waals surface area contributed by atoms with E-state index in [4.69, 9.17) is 5.26 Å². The predicted octanol–water partition coefficient (Wildman–Crippen LogP) is 2.88. The van der Waals surface area contributed by atoms with E-state index in [1.165, 1.54) is 6.07 Å². The fraction of sp³-hybridized carbons (Fsp3) is 0.111. The number of rotatable bonds is 2. The molecule has 1 aromatic rings. The Kier molecular flexibility index (Phi) is 4.01. The van der Waals surface area contributed by atoms with Crippen LogP contribution in [-0.4, -0.2) is 11.1 Å². The number of benzene rings is 1. The number of hydrogen-bond donors (Lipinski definition) is 0. The van der Waals surface area contributed by atoms with Crippen molar-refractivity contribution in [1.29, 1.82) is 5.26 Å². The summed E-state index contributed by atoms with van der Waals surface area (Å²) in [6, 6.07) is 4.33. The van der Waals surface area contributed by atoms with E-state index in [0.29, 0.717) is 3.57 Å². The Balaban J connectivity index is 3.36. The summed E-state index contributed by atoms with van der Waals surface area (Å²) in [6.45, 7) is 0. The highest BCUT2D eigenvalue weighted by Crippen LogP contribution is 2.18. The number of nitrogens with zero attached hydrogens (tertiary/aromatic N) is 1. The minimum absolute atomic E-state index is 0.0850. The Labute approximate surface area is 102 Å². The molecule has 0 saturated carbocycles. The van der Waals surface area contributed by atoms with Gasteiger partial charge >= 0.3 is 0 Å². The molecule has 0 unspecified atom stereocenters. The van der Waals surface area contributed by atoms with Crippen molar-refractivity contribution in [3.63, 3.8) is 0 Å². The lowest BCUT2D eigenvalue weighted by Gasteiger charge is -2.02. The molecule has 5 heteroatoms. The topological polar surface area (TPSA) is 40.9 Å². The molecule has 0 N–H and O–H groups in total. The van der Waals surface area contributed by atoms with Crippen LogP contribution < -0.4 is 0 Å². The second kappa shape index (κ2) is 4.84. The molecule has 0 spiro atoms. The third-order valence-corrected chi connectivity index (χ3v) is 2.94. The van der Waals surface area contributed by atoms with Gasteiger partial charge in [0.1, 0.15) is 5.82 Å². The lowest BCUT2D eigenvalue weighted by molar-refractivity contribution is 0.102. The average molecular weight is 368 g/mol. The number of ketones is 1. The summed E-state index contributed by atoms with van der Waals surface area (Å²) >= 11 is 4.75. The zero-order valence-electron chi connectivity index (χ0n) is 6.85. The van der Waals surface area contributed by atoms with Gasteiger partial charge in [-0.25, -0.2) is 4.39 Å². The predicted molar refractivity (Wildman–Crippen MR) is 62.0 cm³/mol. The first-order valence-corrected chi connectivity index (χ1v) is 5.78. The van der Waals surface area contributed by atoms with Crippen molar-refractivity contribution >= 4 is 44.3 Å². The van der Waals surface area contributed by atoms with Crippen molar-refractivity contribution < 1.29 is 9.18 Å². The number of carbonyl (C=O) groups is 1. The van der Waals surface area contributed by atoms with Gasteiger partial charge < -0.3 is 0 Å². The van der Waals surface area contributed by atoms with Crippen LogP contribution in [0.5, 0.6) is 0 Å². The number of hydrogen-bond acceptors (Lipinski definition) is 2. The van der Waals surface area contributed by atoms with Gasteiger partial charge in [-0.05, 0) is 34.7 Å². The summed E-state index contributed by atoms with van der Waals surface area (Å²) in [7, 11) is 0. The number of alkyl halides is 1. The average Bonchev–Trinajstić information content (AvgIpc) is 2.20. The zero-order valence-corrected chi connectivity index (χ0v) is 10.6. The largest absolute Gasteiger partial charge is 0.293 e. The Hall–Kier alpha value is -0.480. The highest BCUT2D eigenvalue weighted by atomic mass is 127. The second-order valence-corrected chi connectivity index (χ2v) is 4.20. The van der Waals surface area contributed by atoms with Gasteiger partial charge in [0.2, 0.25) is 0 Å². The van der Waals surface area contributed by atoms with E-state index in [1.54, 1.807) is 22.6 Å². The summed E-state index contributed by atoms with van der Waals surface area (Å²) in [5.74, 6) is -0.772. The maximum absolute atomic E-state index is 13.1. The Morgan fingerprint density at radius 3 is 2.79 bits per heavy atom. The smallest absolute Gasteiger partial charge is 0.174 e. The maximum atomic E-state index is 13.1. The number of carbonyl (C=O) groups excluding carboxylic acids is 1. The van der Waals surface area contributed by atoms with Crippen LogP contribution in [0.15, 0.2) is 12.1 Å². The molecule has 0 aliphatic carbocycles. The third-order valence-electron chi connectivity index (χ3n) is 1.60. The Bertz CT molecular complexity index is 428. The van der Waals surface area contributed by atoms with Crippen LogP contribution in [0.4, 0.5) is 4.39 Å². The first-order valence-electron chi connectivity index (χ1n) is 3.58. The summed E-state index contributed by atoms with van der Waals surface area (Å²) < 4.78 is 13.4. The fourth-order valence-corrected chi connectivity index (χ4v) is 1.71. The minimum Gasteiger partial charge on any atom is -0.293 e. The van der Waals surface area contributed by atoms with Crippen molar-refractivity contribution in [3.05, 3.63) is 32.6 Å². The van der Waals surface area contributed by atoms with Crippen molar-refractivity contribution in [2.24, 2.45) is 0 Å². The van der Waals surface area contributed by atoms with Crippen LogP contribution in [0.2, 0.25) is 0 Å². The van der Waals surface area contributed by atoms with Crippen molar-refractivity contribution in [3.8, 4) is 6.07 Å². The summed E-state index contributed by atoms with van der Waals surface area (Å²) in [6.07, 6.45) is 0. The van der Waals surface area contributed by atoms with Gasteiger partial charge in [-0.1, -0.05) is 15.9 Å². The van der Waals surface area contributed by atoms with E-state index in [1.807, 2.05) is 6.07 Å². The first-order chi connectivity index (χ1) is 6.60. The van der Waals surface area contributed by atoms with E-state index >= 15 is 0 Å². The zero-order chi connectivity index (χ0) is 10.7. The first kappa shape index (κ1) is 11.6. The molecule has 0 aromatic heterocycles. The quantitative estimate of drug-likeness (QED) is 0.458. The van der Waals surface area contributed by atoms with Crippen LogP contribution in [0.3, 0.4) is 0 Å². The number of halogens is 3. The summed E-state index contributed by atoms with van der Waals surface area (Å²) in [5, 5.41) is 8.82. The summed E-state index contributed by atoms with van der Waals surface area (Å²) in [5.41, 5.74) is 0.336. The lowest BCUT2D eigenvalue weighted by atomic mass is 10.1. The molecule has 0 fully saturated rings. The summed E-state index contributed by atoms with van der Waals surface area (Å²) in [4.78, 5) is 11.3. The van der Waals surface area contributed by atoms with Crippen LogP contribution >= 0.6 is 38.5 Å². The van der Waals surface area contributed by atoms with Crippen molar-refractivity contribution in [2.45, 2.75) is 0 Å². The van der Waals surface area contributed by atoms with E-state index < -0.39 is 5.82 Å². The molecule has 0 bridgehead atoms. The minimum atomic E-state index is -0.478. The van der Waals surface area contributed by atoms with Crippen LogP contribution in [0.1, 0.15) is 15.9 Å². The highest BCUT2D eigenvalue weighted by molar-refractivity contribution is 14.1. The van der Waals surface area contributed by atoms with Gasteiger partial charge in [-0.15, -0.1) is 0 Å². The van der Waals surface area contributed by atoms with Gasteiger partial charge in [0.05, 0.1) is 20.5 Å². The molecule has 0 atom stereocenters. The fourth-order valence-electron chi connectivity index (χ4n) is 0.942. The van der Waals surface area contributed by atoms with E-state index in [-0.39, 0.29) is 22.2 Å². The Morgan fingerprint density at radius 1 is 1.64 bits per heavy atom. The molecule has 0 radical (unpaired) electrons. The number of Topliss-reactive ketones (excluding diaryl/α,β-unsaturated/α-hetero) is 1. The van der Waals surface area contributed by atoms with E-state index in [0.717, 1.165) is 6.07 Å². The van der Waals surface area contributed by atoms with Crippen LogP contribution in [-0.2, 0) is 0 Å². The molecule has 2 nitrogen and oxygen atoms in total. The second-order valence-electron chi connectivity index (χ2n) is 2.48. The molecule has 72 valence electrons. The van der Waals surface area contributed by atoms with Gasteiger partial charge in [0, 0.05) is 5.56 Å². The van der Waals surface area contributed by atoms with E-state index in [2.05, 4.69) is 15.9 Å². The standard InChI is InChI=1S/C9H4BrFINO/c10-3-9(14)6-2-7(11)8(12)1-5(6)4-13/h1-2H,3H2. The maximum Gasteiger partial charge on any atom is 0.174 e. The van der Waals surface area contributed by atoms with Crippen molar-refractivity contribution in [2.75, 3.05) is 5.33 Å². The lowest BCUT2D eigenvalue weighted by Crippen LogP contribution is -2.04. The van der Waals surface area contributed by atoms with Crippen LogP contribution in [0.25, 0.3) is 0 Å². The van der Waals surface area contributed by atoms with Gasteiger partial charge in [0.15, 0.2) is 5.78 Å². The highest BCUT2D eigenvalue weighted by Gasteiger charge is 2.13. The molecule has 1 aromatic carbocycles. The molecule has 0 aliphatic heterocycles.